The quantitative estimate of drug-likeness (QED) is 0.710. The summed E-state index contributed by atoms with van der Waals surface area (Å²) in [4.78, 5) is 56.4. The van der Waals surface area contributed by atoms with E-state index in [1.54, 1.807) is 32.9 Å². The van der Waals surface area contributed by atoms with Crippen molar-refractivity contribution in [3.8, 4) is 0 Å². The van der Waals surface area contributed by atoms with E-state index in [0.29, 0.717) is 5.06 Å². The number of hydrogen-bond acceptors (Lipinski definition) is 7. The molecular weight excluding hydrogens is 380 g/mol. The number of carbonyl (C=O) groups excluding carboxylic acids is 4. The van der Waals surface area contributed by atoms with Crippen LogP contribution < -0.4 is 0 Å². The molecule has 2 aliphatic rings. The largest absolute Gasteiger partial charge is 0.444 e. The van der Waals surface area contributed by atoms with Gasteiger partial charge in [0.2, 0.25) is 0 Å². The predicted molar refractivity (Wildman–Crippen MR) is 99.7 cm³/mol. The first-order valence-corrected chi connectivity index (χ1v) is 9.31. The number of benzene rings is 1. The van der Waals surface area contributed by atoms with E-state index in [-0.39, 0.29) is 30.6 Å². The van der Waals surface area contributed by atoms with E-state index in [1.807, 2.05) is 0 Å². The van der Waals surface area contributed by atoms with Crippen LogP contribution in [0, 0.1) is 5.92 Å². The second-order valence-corrected chi connectivity index (χ2v) is 8.04. The Bertz CT molecular complexity index is 810. The van der Waals surface area contributed by atoms with Crippen molar-refractivity contribution in [3.05, 3.63) is 35.4 Å². The van der Waals surface area contributed by atoms with Crippen LogP contribution in [0.2, 0.25) is 0 Å². The lowest BCUT2D eigenvalue weighted by atomic mass is 9.96. The lowest BCUT2D eigenvalue weighted by molar-refractivity contribution is -0.177. The lowest BCUT2D eigenvalue weighted by Crippen LogP contribution is -2.51. The average Bonchev–Trinajstić information content (AvgIpc) is 2.91. The number of nitrogens with zero attached hydrogens (tertiary/aromatic N) is 2. The fourth-order valence-electron chi connectivity index (χ4n) is 3.28. The lowest BCUT2D eigenvalue weighted by Gasteiger charge is -2.36. The first kappa shape index (κ1) is 20.8. The van der Waals surface area contributed by atoms with Crippen molar-refractivity contribution in [2.45, 2.75) is 38.9 Å². The van der Waals surface area contributed by atoms with Crippen LogP contribution in [0.3, 0.4) is 0 Å². The molecular formula is C20H24N2O7. The maximum Gasteiger partial charge on any atom is 0.410 e. The zero-order chi connectivity index (χ0) is 21.3. The number of methoxy groups -OCH3 is 1. The Hall–Kier alpha value is -2.94. The maximum absolute atomic E-state index is 12.7. The summed E-state index contributed by atoms with van der Waals surface area (Å²) >= 11 is 0. The van der Waals surface area contributed by atoms with Gasteiger partial charge in [0.25, 0.3) is 11.8 Å². The Labute approximate surface area is 168 Å². The molecule has 0 aromatic heterocycles. The van der Waals surface area contributed by atoms with Gasteiger partial charge >= 0.3 is 12.1 Å². The number of imide groups is 1. The Morgan fingerprint density at radius 2 is 1.62 bits per heavy atom. The molecule has 3 rings (SSSR count). The van der Waals surface area contributed by atoms with Crippen molar-refractivity contribution in [1.82, 2.24) is 9.96 Å². The number of amides is 3. The van der Waals surface area contributed by atoms with E-state index in [2.05, 4.69) is 0 Å². The van der Waals surface area contributed by atoms with Crippen LogP contribution in [0.1, 0.15) is 47.9 Å². The summed E-state index contributed by atoms with van der Waals surface area (Å²) in [7, 11) is 1.48. The van der Waals surface area contributed by atoms with E-state index >= 15 is 0 Å². The number of hydroxylamine groups is 2. The fourth-order valence-corrected chi connectivity index (χ4v) is 3.28. The van der Waals surface area contributed by atoms with Crippen LogP contribution in [0.25, 0.3) is 0 Å². The number of likely N-dealkylation sites (tertiary alicyclic amines) is 1. The van der Waals surface area contributed by atoms with Crippen molar-refractivity contribution >= 4 is 23.9 Å². The summed E-state index contributed by atoms with van der Waals surface area (Å²) < 4.78 is 10.7. The number of hydrogen-bond donors (Lipinski definition) is 0. The van der Waals surface area contributed by atoms with E-state index in [4.69, 9.17) is 14.3 Å². The zero-order valence-corrected chi connectivity index (χ0v) is 16.8. The normalized spacial score (nSPS) is 21.8. The third kappa shape index (κ3) is 4.40. The van der Waals surface area contributed by atoms with Gasteiger partial charge < -0.3 is 19.2 Å². The summed E-state index contributed by atoms with van der Waals surface area (Å²) in [5.41, 5.74) is -0.328. The first-order valence-electron chi connectivity index (χ1n) is 9.31. The molecule has 0 bridgehead atoms. The molecule has 0 saturated carbocycles. The molecule has 0 spiro atoms. The SMILES string of the molecule is COC1CC(C(=O)ON2C(=O)c3ccccc3C2=O)CN(C(=O)OC(C)(C)C)C1. The topological polar surface area (TPSA) is 102 Å². The summed E-state index contributed by atoms with van der Waals surface area (Å²) in [6.07, 6.45) is -0.688. The third-order valence-electron chi connectivity index (χ3n) is 4.67. The van der Waals surface area contributed by atoms with Gasteiger partial charge in [-0.15, -0.1) is 0 Å². The van der Waals surface area contributed by atoms with Gasteiger partial charge in [0, 0.05) is 13.7 Å². The van der Waals surface area contributed by atoms with Gasteiger partial charge in [-0.1, -0.05) is 17.2 Å². The van der Waals surface area contributed by atoms with E-state index in [1.165, 1.54) is 24.1 Å². The van der Waals surface area contributed by atoms with E-state index in [9.17, 15) is 19.2 Å². The van der Waals surface area contributed by atoms with Crippen LogP contribution in [-0.2, 0) is 19.1 Å². The number of carbonyl (C=O) groups is 4. The third-order valence-corrected chi connectivity index (χ3v) is 4.67. The summed E-state index contributed by atoms with van der Waals surface area (Å²) in [5, 5.41) is 0.473. The van der Waals surface area contributed by atoms with Crippen LogP contribution in [0.5, 0.6) is 0 Å². The first-order chi connectivity index (χ1) is 13.6. The highest BCUT2D eigenvalue weighted by molar-refractivity contribution is 6.20. The monoisotopic (exact) mass is 404 g/mol. The van der Waals surface area contributed by atoms with Crippen molar-refractivity contribution in [2.75, 3.05) is 20.2 Å². The highest BCUT2D eigenvalue weighted by atomic mass is 16.7. The Morgan fingerprint density at radius 3 is 2.14 bits per heavy atom. The molecule has 2 atom stereocenters. The minimum atomic E-state index is -0.783. The summed E-state index contributed by atoms with van der Waals surface area (Å²) in [5.74, 6) is -2.94. The van der Waals surface area contributed by atoms with Gasteiger partial charge in [-0.3, -0.25) is 9.59 Å². The van der Waals surface area contributed by atoms with Crippen LogP contribution in [0.15, 0.2) is 24.3 Å². The van der Waals surface area contributed by atoms with Crippen molar-refractivity contribution in [2.24, 2.45) is 5.92 Å². The molecule has 0 aliphatic carbocycles. The van der Waals surface area contributed by atoms with Crippen LogP contribution in [-0.4, -0.2) is 65.7 Å². The van der Waals surface area contributed by atoms with Gasteiger partial charge in [-0.05, 0) is 39.3 Å². The maximum atomic E-state index is 12.7. The van der Waals surface area contributed by atoms with Gasteiger partial charge in [0.1, 0.15) is 5.60 Å². The molecule has 1 saturated heterocycles. The molecule has 2 heterocycles. The number of rotatable bonds is 3. The number of fused-ring (bicyclic) bond motifs is 1. The fraction of sp³-hybridized carbons (Fsp3) is 0.500. The van der Waals surface area contributed by atoms with E-state index < -0.39 is 41.5 Å². The van der Waals surface area contributed by atoms with Crippen molar-refractivity contribution < 1.29 is 33.5 Å². The van der Waals surface area contributed by atoms with Gasteiger partial charge in [0.15, 0.2) is 0 Å². The molecule has 2 unspecified atom stereocenters. The second kappa shape index (κ2) is 7.82. The summed E-state index contributed by atoms with van der Waals surface area (Å²) in [6, 6.07) is 6.24. The molecule has 9 nitrogen and oxygen atoms in total. The van der Waals surface area contributed by atoms with E-state index in [0.717, 1.165) is 0 Å². The van der Waals surface area contributed by atoms with Crippen LogP contribution in [0.4, 0.5) is 4.79 Å². The van der Waals surface area contributed by atoms with Crippen molar-refractivity contribution in [1.29, 1.82) is 0 Å². The molecule has 1 aromatic rings. The molecule has 1 aromatic carbocycles. The molecule has 0 radical (unpaired) electrons. The molecule has 1 fully saturated rings. The molecule has 3 amide bonds. The molecule has 9 heteroatoms. The van der Waals surface area contributed by atoms with Gasteiger partial charge in [0.05, 0.1) is 29.7 Å². The minimum absolute atomic E-state index is 0.0385. The Kier molecular flexibility index (Phi) is 5.61. The number of ether oxygens (including phenoxy) is 2. The molecule has 0 N–H and O–H groups in total. The smallest absolute Gasteiger partial charge is 0.410 e. The van der Waals surface area contributed by atoms with Crippen molar-refractivity contribution in [3.63, 3.8) is 0 Å². The number of piperidine rings is 1. The Morgan fingerprint density at radius 1 is 1.03 bits per heavy atom. The van der Waals surface area contributed by atoms with Crippen LogP contribution >= 0.6 is 0 Å². The van der Waals surface area contributed by atoms with Gasteiger partial charge in [-0.25, -0.2) is 9.59 Å². The summed E-state index contributed by atoms with van der Waals surface area (Å²) in [6.45, 7) is 5.54. The molecule has 156 valence electrons. The Balaban J connectivity index is 1.71. The standard InChI is InChI=1S/C20H24N2O7/c1-20(2,3)28-19(26)21-10-12(9-13(11-21)27-4)18(25)29-22-16(23)14-7-5-6-8-15(14)17(22)24/h5-8,12-13H,9-11H2,1-4H3. The van der Waals surface area contributed by atoms with Gasteiger partial charge in [-0.2, -0.15) is 0 Å². The molecule has 29 heavy (non-hydrogen) atoms. The highest BCUT2D eigenvalue weighted by Crippen LogP contribution is 2.26. The highest BCUT2D eigenvalue weighted by Gasteiger charge is 2.42. The average molecular weight is 404 g/mol. The zero-order valence-electron chi connectivity index (χ0n) is 16.8. The predicted octanol–water partition coefficient (Wildman–Crippen LogP) is 2.01. The second-order valence-electron chi connectivity index (χ2n) is 8.04. The molecule has 2 aliphatic heterocycles. The minimum Gasteiger partial charge on any atom is -0.444 e.